The molecule has 0 saturated heterocycles. The van der Waals surface area contributed by atoms with Crippen molar-refractivity contribution in [3.05, 3.63) is 0 Å². The molecule has 0 radical (unpaired) electrons. The zero-order chi connectivity index (χ0) is 9.07. The predicted octanol–water partition coefficient (Wildman–Crippen LogP) is -0.900. The third-order valence-corrected chi connectivity index (χ3v) is 1.20. The number of carbonyl (C=O) groups excluding carboxylic acids is 2. The SMILES string of the molecule is CCC(N)(N)C(=O)OC(C)=O. The standard InChI is InChI=1S/C6H12N2O3/c1-3-6(7,8)5(10)11-4(2)9/h3,7-8H2,1-2H3. The number of hydrogen-bond donors (Lipinski definition) is 2. The van der Waals surface area contributed by atoms with E-state index in [-0.39, 0.29) is 6.42 Å². The van der Waals surface area contributed by atoms with Crippen LogP contribution in [0.15, 0.2) is 0 Å². The Morgan fingerprint density at radius 1 is 1.45 bits per heavy atom. The van der Waals surface area contributed by atoms with Gasteiger partial charge in [0.25, 0.3) is 0 Å². The van der Waals surface area contributed by atoms with Crippen molar-refractivity contribution in [1.29, 1.82) is 0 Å². The average molecular weight is 160 g/mol. The van der Waals surface area contributed by atoms with Crippen LogP contribution >= 0.6 is 0 Å². The smallest absolute Gasteiger partial charge is 0.348 e. The molecule has 0 rings (SSSR count). The molecule has 0 aromatic carbocycles. The van der Waals surface area contributed by atoms with Crippen LogP contribution in [0.1, 0.15) is 20.3 Å². The summed E-state index contributed by atoms with van der Waals surface area (Å²) in [6, 6.07) is 0. The quantitative estimate of drug-likeness (QED) is 0.310. The second-order valence-corrected chi connectivity index (χ2v) is 2.28. The minimum absolute atomic E-state index is 0.221. The van der Waals surface area contributed by atoms with Crippen LogP contribution in [-0.4, -0.2) is 17.6 Å². The molecule has 11 heavy (non-hydrogen) atoms. The van der Waals surface area contributed by atoms with E-state index in [0.29, 0.717) is 0 Å². The highest BCUT2D eigenvalue weighted by Crippen LogP contribution is 1.99. The molecular weight excluding hydrogens is 148 g/mol. The Bertz CT molecular complexity index is 177. The van der Waals surface area contributed by atoms with Crippen molar-refractivity contribution in [3.63, 3.8) is 0 Å². The Morgan fingerprint density at radius 2 is 1.91 bits per heavy atom. The van der Waals surface area contributed by atoms with E-state index in [1.165, 1.54) is 0 Å². The summed E-state index contributed by atoms with van der Waals surface area (Å²) in [6.07, 6.45) is 0.221. The normalized spacial score (nSPS) is 10.9. The van der Waals surface area contributed by atoms with E-state index in [4.69, 9.17) is 11.5 Å². The van der Waals surface area contributed by atoms with Crippen molar-refractivity contribution < 1.29 is 14.3 Å². The highest BCUT2D eigenvalue weighted by molar-refractivity contribution is 5.89. The van der Waals surface area contributed by atoms with Gasteiger partial charge in [-0.3, -0.25) is 4.79 Å². The van der Waals surface area contributed by atoms with Crippen molar-refractivity contribution in [2.24, 2.45) is 11.5 Å². The van der Waals surface area contributed by atoms with Gasteiger partial charge >= 0.3 is 11.9 Å². The molecule has 0 aliphatic rings. The summed E-state index contributed by atoms with van der Waals surface area (Å²) in [5.41, 5.74) is 8.97. The molecular formula is C6H12N2O3. The van der Waals surface area contributed by atoms with E-state index in [1.807, 2.05) is 0 Å². The molecule has 64 valence electrons. The lowest BCUT2D eigenvalue weighted by Crippen LogP contribution is -2.57. The van der Waals surface area contributed by atoms with E-state index in [2.05, 4.69) is 4.74 Å². The first-order valence-corrected chi connectivity index (χ1v) is 3.20. The third kappa shape index (κ3) is 3.10. The van der Waals surface area contributed by atoms with Gasteiger partial charge in [-0.1, -0.05) is 6.92 Å². The maximum atomic E-state index is 10.8. The molecule has 0 aromatic rings. The Labute approximate surface area is 64.7 Å². The zero-order valence-electron chi connectivity index (χ0n) is 6.59. The van der Waals surface area contributed by atoms with E-state index < -0.39 is 17.6 Å². The van der Waals surface area contributed by atoms with Crippen LogP contribution in [0, 0.1) is 0 Å². The minimum atomic E-state index is -1.55. The number of carbonyl (C=O) groups is 2. The van der Waals surface area contributed by atoms with Crippen molar-refractivity contribution in [1.82, 2.24) is 0 Å². The fourth-order valence-corrected chi connectivity index (χ4v) is 0.370. The minimum Gasteiger partial charge on any atom is -0.391 e. The molecule has 0 aliphatic heterocycles. The molecule has 0 aromatic heterocycles. The number of hydrogen-bond acceptors (Lipinski definition) is 5. The van der Waals surface area contributed by atoms with Crippen LogP contribution in [-0.2, 0) is 14.3 Å². The van der Waals surface area contributed by atoms with Gasteiger partial charge in [0.15, 0.2) is 5.66 Å². The zero-order valence-corrected chi connectivity index (χ0v) is 6.59. The molecule has 0 aliphatic carbocycles. The lowest BCUT2D eigenvalue weighted by Gasteiger charge is -2.18. The monoisotopic (exact) mass is 160 g/mol. The van der Waals surface area contributed by atoms with Gasteiger partial charge in [0, 0.05) is 6.92 Å². The van der Waals surface area contributed by atoms with Gasteiger partial charge in [0.1, 0.15) is 0 Å². The number of esters is 2. The second-order valence-electron chi connectivity index (χ2n) is 2.28. The highest BCUT2D eigenvalue weighted by Gasteiger charge is 2.29. The molecule has 0 bridgehead atoms. The Kier molecular flexibility index (Phi) is 3.16. The summed E-state index contributed by atoms with van der Waals surface area (Å²) in [7, 11) is 0. The van der Waals surface area contributed by atoms with Crippen LogP contribution in [0.25, 0.3) is 0 Å². The number of ether oxygens (including phenoxy) is 1. The van der Waals surface area contributed by atoms with Gasteiger partial charge < -0.3 is 16.2 Å². The Hall–Kier alpha value is -0.940. The van der Waals surface area contributed by atoms with Gasteiger partial charge in [0.2, 0.25) is 0 Å². The van der Waals surface area contributed by atoms with Crippen molar-refractivity contribution in [2.45, 2.75) is 25.9 Å². The van der Waals surface area contributed by atoms with Gasteiger partial charge in [-0.25, -0.2) is 4.79 Å². The van der Waals surface area contributed by atoms with Gasteiger partial charge in [0.05, 0.1) is 0 Å². The lowest BCUT2D eigenvalue weighted by atomic mass is 10.1. The lowest BCUT2D eigenvalue weighted by molar-refractivity contribution is -0.162. The van der Waals surface area contributed by atoms with Crippen LogP contribution in [0.4, 0.5) is 0 Å². The Balaban J connectivity index is 4.13. The molecule has 0 atom stereocenters. The fraction of sp³-hybridized carbons (Fsp3) is 0.667. The topological polar surface area (TPSA) is 95.4 Å². The summed E-state index contributed by atoms with van der Waals surface area (Å²) in [4.78, 5) is 21.1. The van der Waals surface area contributed by atoms with Crippen molar-refractivity contribution in [2.75, 3.05) is 0 Å². The molecule has 0 spiro atoms. The van der Waals surface area contributed by atoms with Gasteiger partial charge in [-0.15, -0.1) is 0 Å². The largest absolute Gasteiger partial charge is 0.391 e. The number of rotatable bonds is 2. The molecule has 0 unspecified atom stereocenters. The first-order chi connectivity index (χ1) is 4.90. The summed E-state index contributed by atoms with van der Waals surface area (Å²) in [5.74, 6) is -1.60. The fourth-order valence-electron chi connectivity index (χ4n) is 0.370. The molecule has 0 saturated carbocycles. The number of nitrogens with two attached hydrogens (primary N) is 2. The van der Waals surface area contributed by atoms with Gasteiger partial charge in [-0.2, -0.15) is 0 Å². The maximum absolute atomic E-state index is 10.8. The molecule has 5 heteroatoms. The third-order valence-electron chi connectivity index (χ3n) is 1.20. The Morgan fingerprint density at radius 3 is 2.18 bits per heavy atom. The van der Waals surface area contributed by atoms with E-state index >= 15 is 0 Å². The second kappa shape index (κ2) is 3.45. The molecule has 5 nitrogen and oxygen atoms in total. The molecule has 4 N–H and O–H groups in total. The van der Waals surface area contributed by atoms with Crippen molar-refractivity contribution >= 4 is 11.9 Å². The predicted molar refractivity (Wildman–Crippen MR) is 38.2 cm³/mol. The summed E-state index contributed by atoms with van der Waals surface area (Å²) in [5, 5.41) is 0. The first-order valence-electron chi connectivity index (χ1n) is 3.20. The van der Waals surface area contributed by atoms with Crippen LogP contribution in [0.3, 0.4) is 0 Å². The molecule has 0 heterocycles. The molecule has 0 amide bonds. The maximum Gasteiger partial charge on any atom is 0.348 e. The van der Waals surface area contributed by atoms with E-state index in [0.717, 1.165) is 6.92 Å². The van der Waals surface area contributed by atoms with Crippen molar-refractivity contribution in [3.8, 4) is 0 Å². The summed E-state index contributed by atoms with van der Waals surface area (Å²) in [6.45, 7) is 2.74. The van der Waals surface area contributed by atoms with Crippen LogP contribution < -0.4 is 11.5 Å². The summed E-state index contributed by atoms with van der Waals surface area (Å²) >= 11 is 0. The van der Waals surface area contributed by atoms with Crippen LogP contribution in [0.5, 0.6) is 0 Å². The average Bonchev–Trinajstić information content (AvgIpc) is 1.86. The first kappa shape index (κ1) is 10.1. The summed E-state index contributed by atoms with van der Waals surface area (Å²) < 4.78 is 4.18. The van der Waals surface area contributed by atoms with Gasteiger partial charge in [-0.05, 0) is 6.42 Å². The van der Waals surface area contributed by atoms with E-state index in [1.54, 1.807) is 6.92 Å². The van der Waals surface area contributed by atoms with Crippen LogP contribution in [0.2, 0.25) is 0 Å². The molecule has 0 fully saturated rings. The highest BCUT2D eigenvalue weighted by atomic mass is 16.6. The van der Waals surface area contributed by atoms with E-state index in [9.17, 15) is 9.59 Å².